The third-order valence-corrected chi connectivity index (χ3v) is 4.72. The van der Waals surface area contributed by atoms with Gasteiger partial charge in [0.1, 0.15) is 4.88 Å². The molecule has 0 fully saturated rings. The van der Waals surface area contributed by atoms with E-state index < -0.39 is 17.3 Å². The largest absolute Gasteiger partial charge is 0.388 e. The number of aliphatic hydroxyl groups is 1. The van der Waals surface area contributed by atoms with Gasteiger partial charge >= 0.3 is 0 Å². The van der Waals surface area contributed by atoms with E-state index in [-0.39, 0.29) is 22.2 Å². The van der Waals surface area contributed by atoms with Crippen molar-refractivity contribution in [2.75, 3.05) is 6.54 Å². The molecule has 0 bridgehead atoms. The lowest BCUT2D eigenvalue weighted by Crippen LogP contribution is -2.44. The summed E-state index contributed by atoms with van der Waals surface area (Å²) in [6, 6.07) is 1.50. The standard InChI is InChI=1S/C12H17F2NO2S2/c1-7(2)12(3,17)6-15-10(16)9-8(4-5-18-9)19-11(13)14/h4-5,7,11,17H,6H2,1-3H3,(H,15,16). The Morgan fingerprint density at radius 2 is 2.21 bits per heavy atom. The van der Waals surface area contributed by atoms with E-state index >= 15 is 0 Å². The minimum absolute atomic E-state index is 0.0222. The molecule has 1 unspecified atom stereocenters. The number of carbonyl (C=O) groups is 1. The molecule has 1 atom stereocenters. The number of thiophene rings is 1. The van der Waals surface area contributed by atoms with E-state index in [1.54, 1.807) is 12.3 Å². The minimum Gasteiger partial charge on any atom is -0.388 e. The van der Waals surface area contributed by atoms with Crippen molar-refractivity contribution in [3.8, 4) is 0 Å². The molecule has 1 rings (SSSR count). The molecule has 7 heteroatoms. The van der Waals surface area contributed by atoms with E-state index in [2.05, 4.69) is 5.32 Å². The van der Waals surface area contributed by atoms with Gasteiger partial charge in [-0.25, -0.2) is 0 Å². The molecule has 1 heterocycles. The molecule has 0 radical (unpaired) electrons. The normalized spacial score (nSPS) is 14.7. The van der Waals surface area contributed by atoms with Gasteiger partial charge in [-0.2, -0.15) is 8.78 Å². The average Bonchev–Trinajstić information content (AvgIpc) is 2.73. The van der Waals surface area contributed by atoms with Crippen LogP contribution in [0.3, 0.4) is 0 Å². The number of hydrogen-bond acceptors (Lipinski definition) is 4. The molecule has 0 aromatic carbocycles. The van der Waals surface area contributed by atoms with Crippen molar-refractivity contribution in [2.24, 2.45) is 5.92 Å². The van der Waals surface area contributed by atoms with Gasteiger partial charge in [-0.3, -0.25) is 4.79 Å². The summed E-state index contributed by atoms with van der Waals surface area (Å²) in [5, 5.41) is 14.2. The maximum atomic E-state index is 12.3. The van der Waals surface area contributed by atoms with Crippen LogP contribution in [-0.4, -0.2) is 28.9 Å². The fraction of sp³-hybridized carbons (Fsp3) is 0.583. The zero-order chi connectivity index (χ0) is 14.6. The monoisotopic (exact) mass is 309 g/mol. The quantitative estimate of drug-likeness (QED) is 0.793. The lowest BCUT2D eigenvalue weighted by Gasteiger charge is -2.27. The van der Waals surface area contributed by atoms with Crippen molar-refractivity contribution in [3.63, 3.8) is 0 Å². The number of amides is 1. The zero-order valence-corrected chi connectivity index (χ0v) is 12.6. The van der Waals surface area contributed by atoms with Crippen molar-refractivity contribution >= 4 is 29.0 Å². The smallest absolute Gasteiger partial charge is 0.288 e. The highest BCUT2D eigenvalue weighted by atomic mass is 32.2. The summed E-state index contributed by atoms with van der Waals surface area (Å²) in [5.74, 6) is -3.01. The summed E-state index contributed by atoms with van der Waals surface area (Å²) in [4.78, 5) is 12.4. The maximum absolute atomic E-state index is 12.3. The highest BCUT2D eigenvalue weighted by Crippen LogP contribution is 2.31. The summed E-state index contributed by atoms with van der Waals surface area (Å²) < 4.78 is 24.6. The van der Waals surface area contributed by atoms with Crippen LogP contribution >= 0.6 is 23.1 Å². The van der Waals surface area contributed by atoms with Crippen molar-refractivity contribution in [2.45, 2.75) is 37.0 Å². The highest BCUT2D eigenvalue weighted by molar-refractivity contribution is 7.99. The fourth-order valence-corrected chi connectivity index (χ4v) is 2.81. The molecule has 2 N–H and O–H groups in total. The predicted octanol–water partition coefficient (Wildman–Crippen LogP) is 3.20. The molecule has 19 heavy (non-hydrogen) atoms. The first kappa shape index (κ1) is 16.4. The van der Waals surface area contributed by atoms with Gasteiger partial charge in [-0.1, -0.05) is 25.6 Å². The Kier molecular flexibility index (Phi) is 5.76. The third-order valence-electron chi connectivity index (χ3n) is 2.90. The Balaban J connectivity index is 2.67. The summed E-state index contributed by atoms with van der Waals surface area (Å²) in [6.07, 6.45) is 0. The van der Waals surface area contributed by atoms with Crippen molar-refractivity contribution in [1.29, 1.82) is 0 Å². The van der Waals surface area contributed by atoms with Crippen LogP contribution in [-0.2, 0) is 0 Å². The van der Waals surface area contributed by atoms with Crippen molar-refractivity contribution in [1.82, 2.24) is 5.32 Å². The summed E-state index contributed by atoms with van der Waals surface area (Å²) >= 11 is 1.46. The fourth-order valence-electron chi connectivity index (χ4n) is 1.20. The van der Waals surface area contributed by atoms with E-state index in [1.807, 2.05) is 13.8 Å². The Labute approximate surface area is 119 Å². The van der Waals surface area contributed by atoms with Gasteiger partial charge in [-0.15, -0.1) is 11.3 Å². The van der Waals surface area contributed by atoms with Crippen LogP contribution in [0, 0.1) is 5.92 Å². The second-order valence-electron chi connectivity index (χ2n) is 4.69. The van der Waals surface area contributed by atoms with Gasteiger partial charge in [0, 0.05) is 11.4 Å². The number of carbonyl (C=O) groups excluding carboxylic acids is 1. The number of thioether (sulfide) groups is 1. The summed E-state index contributed by atoms with van der Waals surface area (Å²) in [6.45, 7) is 5.39. The highest BCUT2D eigenvalue weighted by Gasteiger charge is 2.26. The SMILES string of the molecule is CC(C)C(C)(O)CNC(=O)c1sccc1SC(F)F. The molecule has 0 spiro atoms. The molecule has 1 aromatic heterocycles. The number of rotatable bonds is 6. The molecule has 1 amide bonds. The van der Waals surface area contributed by atoms with Crippen LogP contribution in [0.1, 0.15) is 30.4 Å². The molecule has 1 aromatic rings. The number of hydrogen-bond donors (Lipinski definition) is 2. The molecular weight excluding hydrogens is 292 g/mol. The summed E-state index contributed by atoms with van der Waals surface area (Å²) in [7, 11) is 0. The Bertz CT molecular complexity index is 433. The average molecular weight is 309 g/mol. The topological polar surface area (TPSA) is 49.3 Å². The Morgan fingerprint density at radius 3 is 2.74 bits per heavy atom. The van der Waals surface area contributed by atoms with Gasteiger partial charge in [0.25, 0.3) is 11.7 Å². The van der Waals surface area contributed by atoms with Crippen LogP contribution in [0.2, 0.25) is 0 Å². The maximum Gasteiger partial charge on any atom is 0.288 e. The van der Waals surface area contributed by atoms with Gasteiger partial charge < -0.3 is 10.4 Å². The number of alkyl halides is 2. The number of halogens is 2. The van der Waals surface area contributed by atoms with E-state index in [0.717, 1.165) is 11.3 Å². The third kappa shape index (κ3) is 4.74. The van der Waals surface area contributed by atoms with Gasteiger partial charge in [0.2, 0.25) is 0 Å². The summed E-state index contributed by atoms with van der Waals surface area (Å²) in [5.41, 5.74) is -1.02. The molecule has 0 saturated carbocycles. The van der Waals surface area contributed by atoms with Crippen LogP contribution in [0.5, 0.6) is 0 Å². The van der Waals surface area contributed by atoms with E-state index in [0.29, 0.717) is 11.8 Å². The molecule has 0 aliphatic rings. The zero-order valence-electron chi connectivity index (χ0n) is 10.9. The molecule has 0 aliphatic carbocycles. The first-order valence-electron chi connectivity index (χ1n) is 5.77. The Morgan fingerprint density at radius 1 is 1.58 bits per heavy atom. The van der Waals surface area contributed by atoms with E-state index in [1.165, 1.54) is 6.07 Å². The molecular formula is C12H17F2NO2S2. The molecule has 0 saturated heterocycles. The van der Waals surface area contributed by atoms with Crippen molar-refractivity contribution in [3.05, 3.63) is 16.3 Å². The van der Waals surface area contributed by atoms with Crippen LogP contribution in [0.15, 0.2) is 16.3 Å². The second-order valence-corrected chi connectivity index (χ2v) is 6.64. The predicted molar refractivity (Wildman–Crippen MR) is 74.0 cm³/mol. The first-order valence-corrected chi connectivity index (χ1v) is 7.53. The van der Waals surface area contributed by atoms with E-state index in [9.17, 15) is 18.7 Å². The van der Waals surface area contributed by atoms with Crippen LogP contribution in [0.25, 0.3) is 0 Å². The van der Waals surface area contributed by atoms with E-state index in [4.69, 9.17) is 0 Å². The molecule has 3 nitrogen and oxygen atoms in total. The second kappa shape index (κ2) is 6.67. The van der Waals surface area contributed by atoms with Crippen molar-refractivity contribution < 1.29 is 18.7 Å². The minimum atomic E-state index is -2.56. The molecule has 108 valence electrons. The molecule has 0 aliphatic heterocycles. The lowest BCUT2D eigenvalue weighted by molar-refractivity contribution is 0.0142. The van der Waals surface area contributed by atoms with Gasteiger partial charge in [-0.05, 0) is 24.3 Å². The van der Waals surface area contributed by atoms with Gasteiger partial charge in [0.15, 0.2) is 0 Å². The Hall–Kier alpha value is -0.660. The van der Waals surface area contributed by atoms with Gasteiger partial charge in [0.05, 0.1) is 5.60 Å². The first-order chi connectivity index (χ1) is 8.74. The van der Waals surface area contributed by atoms with Crippen LogP contribution < -0.4 is 5.32 Å². The van der Waals surface area contributed by atoms with Crippen LogP contribution in [0.4, 0.5) is 8.78 Å². The number of nitrogens with one attached hydrogen (secondary N) is 1. The lowest BCUT2D eigenvalue weighted by atomic mass is 9.92.